The highest BCUT2D eigenvalue weighted by atomic mass is 32.1. The molecule has 0 bridgehead atoms. The largest absolute Gasteiger partial charge is 0.277 e. The van der Waals surface area contributed by atoms with Crippen molar-refractivity contribution in [2.24, 2.45) is 0 Å². The first-order valence-corrected chi connectivity index (χ1v) is 10.2. The van der Waals surface area contributed by atoms with Crippen molar-refractivity contribution in [1.82, 2.24) is 4.90 Å². The Kier molecular flexibility index (Phi) is 4.16. The van der Waals surface area contributed by atoms with E-state index < -0.39 is 0 Å². The van der Waals surface area contributed by atoms with Crippen LogP contribution in [0.1, 0.15) is 27.1 Å². The maximum atomic E-state index is 2.63. The second kappa shape index (κ2) is 6.80. The fraction of sp³-hybridized carbons (Fsp3) is 0.120. The molecule has 1 aromatic heterocycles. The maximum Gasteiger partial charge on any atom is 0.0979 e. The molecule has 0 N–H and O–H groups in total. The number of hydrogen-bond acceptors (Lipinski definition) is 2. The third kappa shape index (κ3) is 2.64. The standard InChI is InChI=1S/C25H21NS/c1-4-10-21(11-5-1)25(22-12-6-2-7-13-22,23-14-8-3-9-15-23)26-18-20-16-17-27-24(20)19-26/h1-17H,18-19H2. The Labute approximate surface area is 164 Å². The molecule has 5 rings (SSSR count). The fourth-order valence-electron chi connectivity index (χ4n) is 4.40. The van der Waals surface area contributed by atoms with E-state index >= 15 is 0 Å². The van der Waals surface area contributed by atoms with Gasteiger partial charge in [-0.15, -0.1) is 11.3 Å². The molecular weight excluding hydrogens is 346 g/mol. The quantitative estimate of drug-likeness (QED) is 0.397. The van der Waals surface area contributed by atoms with Crippen LogP contribution in [-0.4, -0.2) is 4.90 Å². The zero-order valence-corrected chi connectivity index (χ0v) is 15.9. The molecule has 1 nitrogen and oxygen atoms in total. The Morgan fingerprint density at radius 1 is 0.593 bits per heavy atom. The third-order valence-corrected chi connectivity index (χ3v) is 6.53. The van der Waals surface area contributed by atoms with Crippen molar-refractivity contribution >= 4 is 11.3 Å². The Morgan fingerprint density at radius 3 is 1.52 bits per heavy atom. The minimum atomic E-state index is -0.303. The first-order chi connectivity index (χ1) is 13.4. The van der Waals surface area contributed by atoms with E-state index in [2.05, 4.69) is 107 Å². The molecule has 2 heterocycles. The second-order valence-corrected chi connectivity index (χ2v) is 8.03. The van der Waals surface area contributed by atoms with Gasteiger partial charge in [0.15, 0.2) is 0 Å². The summed E-state index contributed by atoms with van der Waals surface area (Å²) >= 11 is 1.88. The average Bonchev–Trinajstić information content (AvgIpc) is 3.34. The fourth-order valence-corrected chi connectivity index (χ4v) is 5.32. The first kappa shape index (κ1) is 16.5. The Bertz CT molecular complexity index is 904. The van der Waals surface area contributed by atoms with Gasteiger partial charge in [-0.1, -0.05) is 91.0 Å². The zero-order valence-electron chi connectivity index (χ0n) is 15.1. The lowest BCUT2D eigenvalue weighted by Gasteiger charge is -2.43. The van der Waals surface area contributed by atoms with Crippen LogP contribution in [0.15, 0.2) is 102 Å². The summed E-state index contributed by atoms with van der Waals surface area (Å²) in [4.78, 5) is 4.12. The molecule has 0 fully saturated rings. The van der Waals surface area contributed by atoms with Crippen molar-refractivity contribution in [3.63, 3.8) is 0 Å². The number of benzene rings is 3. The van der Waals surface area contributed by atoms with Crippen molar-refractivity contribution < 1.29 is 0 Å². The highest BCUT2D eigenvalue weighted by Crippen LogP contribution is 2.46. The highest BCUT2D eigenvalue weighted by molar-refractivity contribution is 7.10. The highest BCUT2D eigenvalue weighted by Gasteiger charge is 2.44. The molecule has 2 heteroatoms. The SMILES string of the molecule is c1ccc(C(c2ccccc2)(c2ccccc2)N2Cc3ccsc3C2)cc1. The van der Waals surface area contributed by atoms with Crippen LogP contribution in [-0.2, 0) is 18.6 Å². The van der Waals surface area contributed by atoms with Crippen molar-refractivity contribution in [3.05, 3.63) is 130 Å². The van der Waals surface area contributed by atoms with Crippen LogP contribution in [0.2, 0.25) is 0 Å². The van der Waals surface area contributed by atoms with Crippen LogP contribution in [0.4, 0.5) is 0 Å². The Hall–Kier alpha value is -2.68. The van der Waals surface area contributed by atoms with E-state index in [9.17, 15) is 0 Å². The predicted molar refractivity (Wildman–Crippen MR) is 113 cm³/mol. The lowest BCUT2D eigenvalue weighted by atomic mass is 9.75. The van der Waals surface area contributed by atoms with Gasteiger partial charge < -0.3 is 0 Å². The van der Waals surface area contributed by atoms with Gasteiger partial charge in [0.25, 0.3) is 0 Å². The molecule has 0 radical (unpaired) electrons. The zero-order chi connectivity index (χ0) is 18.1. The topological polar surface area (TPSA) is 3.24 Å². The van der Waals surface area contributed by atoms with Crippen LogP contribution in [0, 0.1) is 0 Å². The summed E-state index contributed by atoms with van der Waals surface area (Å²) in [6, 6.07) is 35.1. The number of thiophene rings is 1. The average molecular weight is 368 g/mol. The van der Waals surface area contributed by atoms with Crippen LogP contribution in [0.5, 0.6) is 0 Å². The summed E-state index contributed by atoms with van der Waals surface area (Å²) in [5.41, 5.74) is 5.11. The molecule has 3 aromatic carbocycles. The molecule has 0 amide bonds. The number of fused-ring (bicyclic) bond motifs is 1. The summed E-state index contributed by atoms with van der Waals surface area (Å²) in [7, 11) is 0. The van der Waals surface area contributed by atoms with E-state index in [4.69, 9.17) is 0 Å². The van der Waals surface area contributed by atoms with Crippen LogP contribution >= 0.6 is 11.3 Å². The monoisotopic (exact) mass is 367 g/mol. The first-order valence-electron chi connectivity index (χ1n) is 9.36. The molecule has 27 heavy (non-hydrogen) atoms. The van der Waals surface area contributed by atoms with Gasteiger partial charge in [-0.25, -0.2) is 0 Å². The van der Waals surface area contributed by atoms with Gasteiger partial charge in [-0.2, -0.15) is 0 Å². The summed E-state index contributed by atoms with van der Waals surface area (Å²) in [5, 5.41) is 2.22. The van der Waals surface area contributed by atoms with Gasteiger partial charge >= 0.3 is 0 Å². The van der Waals surface area contributed by atoms with Gasteiger partial charge in [0.2, 0.25) is 0 Å². The van der Waals surface area contributed by atoms with Gasteiger partial charge in [0.05, 0.1) is 5.54 Å². The number of nitrogens with zero attached hydrogens (tertiary/aromatic N) is 1. The predicted octanol–water partition coefficient (Wildman–Crippen LogP) is 6.06. The van der Waals surface area contributed by atoms with Crippen LogP contribution in [0.25, 0.3) is 0 Å². The van der Waals surface area contributed by atoms with E-state index in [1.54, 1.807) is 0 Å². The Morgan fingerprint density at radius 2 is 1.07 bits per heavy atom. The molecular formula is C25H21NS. The molecule has 132 valence electrons. The Balaban J connectivity index is 1.79. The number of rotatable bonds is 4. The smallest absolute Gasteiger partial charge is 0.0979 e. The van der Waals surface area contributed by atoms with Gasteiger partial charge in [0.1, 0.15) is 0 Å². The lowest BCUT2D eigenvalue weighted by molar-refractivity contribution is 0.158. The van der Waals surface area contributed by atoms with E-state index in [0.29, 0.717) is 0 Å². The van der Waals surface area contributed by atoms with Gasteiger partial charge in [-0.05, 0) is 33.7 Å². The normalized spacial score (nSPS) is 14.2. The molecule has 1 aliphatic heterocycles. The third-order valence-electron chi connectivity index (χ3n) is 5.58. The molecule has 0 spiro atoms. The van der Waals surface area contributed by atoms with Crippen molar-refractivity contribution in [2.45, 2.75) is 18.6 Å². The van der Waals surface area contributed by atoms with Gasteiger partial charge in [0, 0.05) is 18.0 Å². The van der Waals surface area contributed by atoms with Crippen molar-refractivity contribution in [1.29, 1.82) is 0 Å². The van der Waals surface area contributed by atoms with Crippen molar-refractivity contribution in [2.75, 3.05) is 0 Å². The van der Waals surface area contributed by atoms with E-state index in [-0.39, 0.29) is 5.54 Å². The minimum absolute atomic E-state index is 0.303. The van der Waals surface area contributed by atoms with Crippen LogP contribution < -0.4 is 0 Å². The van der Waals surface area contributed by atoms with Gasteiger partial charge in [-0.3, -0.25) is 4.90 Å². The molecule has 0 unspecified atom stereocenters. The van der Waals surface area contributed by atoms with Crippen LogP contribution in [0.3, 0.4) is 0 Å². The summed E-state index contributed by atoms with van der Waals surface area (Å²) in [6.45, 7) is 1.95. The molecule has 1 aliphatic rings. The summed E-state index contributed by atoms with van der Waals surface area (Å²) < 4.78 is 0. The summed E-state index contributed by atoms with van der Waals surface area (Å²) in [5.74, 6) is 0. The van der Waals surface area contributed by atoms with E-state index in [0.717, 1.165) is 13.1 Å². The maximum absolute atomic E-state index is 2.63. The minimum Gasteiger partial charge on any atom is -0.277 e. The second-order valence-electron chi connectivity index (χ2n) is 7.03. The molecule has 0 saturated carbocycles. The van der Waals surface area contributed by atoms with E-state index in [1.807, 2.05) is 11.3 Å². The molecule has 0 saturated heterocycles. The lowest BCUT2D eigenvalue weighted by Crippen LogP contribution is -2.45. The number of hydrogen-bond donors (Lipinski definition) is 0. The molecule has 0 aliphatic carbocycles. The van der Waals surface area contributed by atoms with Crippen molar-refractivity contribution in [3.8, 4) is 0 Å². The molecule has 4 aromatic rings. The summed E-state index contributed by atoms with van der Waals surface area (Å²) in [6.07, 6.45) is 0. The molecule has 0 atom stereocenters. The van der Waals surface area contributed by atoms with E-state index in [1.165, 1.54) is 27.1 Å².